The highest BCUT2D eigenvalue weighted by molar-refractivity contribution is 6.09. The quantitative estimate of drug-likeness (QED) is 0.0417. The van der Waals surface area contributed by atoms with E-state index in [-0.39, 0.29) is 41.8 Å². The lowest BCUT2D eigenvalue weighted by molar-refractivity contribution is -0.179. The summed E-state index contributed by atoms with van der Waals surface area (Å²) in [4.78, 5) is 38.0. The molecule has 0 aromatic heterocycles. The van der Waals surface area contributed by atoms with Crippen molar-refractivity contribution in [3.8, 4) is 0 Å². The lowest BCUT2D eigenvalue weighted by atomic mass is 9.81. The van der Waals surface area contributed by atoms with Crippen LogP contribution in [-0.4, -0.2) is 74.9 Å². The predicted molar refractivity (Wildman–Crippen MR) is 220 cm³/mol. The van der Waals surface area contributed by atoms with Crippen molar-refractivity contribution in [2.45, 2.75) is 105 Å². The SMILES string of the molecule is C=C/C=C\[C@H](C)[C@H](OC(=O)Nc1ccc(C(=O)c2ccccc2)cc1)[C@@H](C)[C@H](O)[C@@H](C)C/C(C)=C\[C@H](C)[C@@H](O)[C@@H](C)/C=C\[C@@H](O)CC1OC(=O)[C@H](C)[C@@H](O)[C@H]1C. The van der Waals surface area contributed by atoms with Crippen molar-refractivity contribution >= 4 is 23.5 Å². The minimum atomic E-state index is -0.917. The molecule has 13 atom stereocenters. The first kappa shape index (κ1) is 46.0. The Balaban J connectivity index is 1.59. The first-order chi connectivity index (χ1) is 26.4. The Bertz CT molecular complexity index is 1670. The van der Waals surface area contributed by atoms with Crippen LogP contribution in [-0.2, 0) is 14.3 Å². The molecule has 0 bridgehead atoms. The highest BCUT2D eigenvalue weighted by Gasteiger charge is 2.41. The van der Waals surface area contributed by atoms with Gasteiger partial charge in [0.1, 0.15) is 12.2 Å². The van der Waals surface area contributed by atoms with E-state index in [1.54, 1.807) is 86.7 Å². The summed E-state index contributed by atoms with van der Waals surface area (Å²) in [5.41, 5.74) is 2.51. The summed E-state index contributed by atoms with van der Waals surface area (Å²) < 4.78 is 11.4. The van der Waals surface area contributed by atoms with Gasteiger partial charge in [-0.25, -0.2) is 4.79 Å². The standard InChI is InChI=1S/C46H63NO9/c1-10-11-15-29(4)44(56-46(54)47-37-21-19-36(20-22-37)43(52)35-16-13-12-14-17-35)33(8)41(50)31(6)25-27(2)24-30(5)40(49)28(3)18-23-38(48)26-39-32(7)42(51)34(9)45(53)55-39/h10-24,28-34,38-42,44,48-51H,1,25-26H2,2-9H3,(H,47,54)/b15-11-,23-18-,27-24-/t28-,29-,30-,31-,32-,33-,34+,38+,39?,40-,41+,42-,44-/m0/s1. The number of esters is 1. The fourth-order valence-electron chi connectivity index (χ4n) is 7.40. The number of allylic oxidation sites excluding steroid dienone is 3. The number of cyclic esters (lactones) is 1. The number of anilines is 1. The van der Waals surface area contributed by atoms with Gasteiger partial charge in [0.25, 0.3) is 0 Å². The molecule has 1 heterocycles. The molecule has 1 unspecified atom stereocenters. The summed E-state index contributed by atoms with van der Waals surface area (Å²) in [6.45, 7) is 18.6. The number of amides is 1. The Morgan fingerprint density at radius 3 is 2.12 bits per heavy atom. The van der Waals surface area contributed by atoms with Crippen LogP contribution in [0.3, 0.4) is 0 Å². The number of carbonyl (C=O) groups excluding carboxylic acids is 3. The molecule has 1 amide bonds. The zero-order valence-electron chi connectivity index (χ0n) is 34.1. The van der Waals surface area contributed by atoms with Gasteiger partial charge < -0.3 is 29.9 Å². The Labute approximate surface area is 333 Å². The Morgan fingerprint density at radius 1 is 0.875 bits per heavy atom. The molecule has 10 nitrogen and oxygen atoms in total. The monoisotopic (exact) mass is 773 g/mol. The van der Waals surface area contributed by atoms with Gasteiger partial charge in [0.05, 0.1) is 30.3 Å². The van der Waals surface area contributed by atoms with E-state index < -0.39 is 60.5 Å². The number of aliphatic hydroxyl groups is 4. The van der Waals surface area contributed by atoms with E-state index in [0.29, 0.717) is 23.2 Å². The van der Waals surface area contributed by atoms with Crippen molar-refractivity contribution in [2.24, 2.45) is 41.4 Å². The topological polar surface area (TPSA) is 163 Å². The first-order valence-corrected chi connectivity index (χ1v) is 19.7. The zero-order chi connectivity index (χ0) is 41.7. The van der Waals surface area contributed by atoms with Crippen molar-refractivity contribution in [1.29, 1.82) is 0 Å². The highest BCUT2D eigenvalue weighted by atomic mass is 16.6. The third-order valence-corrected chi connectivity index (χ3v) is 11.0. The summed E-state index contributed by atoms with van der Waals surface area (Å²) in [5, 5.41) is 46.4. The van der Waals surface area contributed by atoms with Crippen LogP contribution in [0.1, 0.15) is 84.2 Å². The third-order valence-electron chi connectivity index (χ3n) is 11.0. The van der Waals surface area contributed by atoms with E-state index in [2.05, 4.69) is 11.9 Å². The zero-order valence-corrected chi connectivity index (χ0v) is 34.1. The molecule has 3 rings (SSSR count). The van der Waals surface area contributed by atoms with E-state index in [9.17, 15) is 34.8 Å². The molecule has 10 heteroatoms. The molecule has 56 heavy (non-hydrogen) atoms. The number of aliphatic hydroxyl groups excluding tert-OH is 4. The Kier molecular flexibility index (Phi) is 17.9. The summed E-state index contributed by atoms with van der Waals surface area (Å²) in [6, 6.07) is 15.5. The maximum Gasteiger partial charge on any atom is 0.411 e. The molecule has 5 N–H and O–H groups in total. The lowest BCUT2D eigenvalue weighted by Gasteiger charge is -2.36. The van der Waals surface area contributed by atoms with Gasteiger partial charge in [-0.3, -0.25) is 14.9 Å². The molecular weight excluding hydrogens is 711 g/mol. The minimum Gasteiger partial charge on any atom is -0.462 e. The molecule has 2 aromatic carbocycles. The summed E-state index contributed by atoms with van der Waals surface area (Å²) in [7, 11) is 0. The number of carbonyl (C=O) groups is 3. The van der Waals surface area contributed by atoms with Gasteiger partial charge in [0.15, 0.2) is 5.78 Å². The molecule has 0 saturated carbocycles. The van der Waals surface area contributed by atoms with Crippen LogP contribution in [0, 0.1) is 41.4 Å². The minimum absolute atomic E-state index is 0.122. The Hall–Kier alpha value is -4.35. The maximum atomic E-state index is 13.2. The molecule has 2 aromatic rings. The second kappa shape index (κ2) is 21.8. The van der Waals surface area contributed by atoms with Gasteiger partial charge in [-0.15, -0.1) is 0 Å². The lowest BCUT2D eigenvalue weighted by Crippen LogP contribution is -2.47. The predicted octanol–water partition coefficient (Wildman–Crippen LogP) is 7.68. The fraction of sp³-hybridized carbons (Fsp3) is 0.500. The van der Waals surface area contributed by atoms with Crippen molar-refractivity contribution in [2.75, 3.05) is 5.32 Å². The van der Waals surface area contributed by atoms with Crippen LogP contribution >= 0.6 is 0 Å². The number of rotatable bonds is 19. The van der Waals surface area contributed by atoms with Crippen molar-refractivity contribution < 1.29 is 44.3 Å². The largest absolute Gasteiger partial charge is 0.462 e. The number of hydrogen-bond donors (Lipinski definition) is 5. The van der Waals surface area contributed by atoms with Crippen LogP contribution in [0.5, 0.6) is 0 Å². The maximum absolute atomic E-state index is 13.2. The molecular formula is C46H63NO9. The summed E-state index contributed by atoms with van der Waals surface area (Å²) in [6.07, 6.45) is 6.00. The fourth-order valence-corrected chi connectivity index (χ4v) is 7.40. The van der Waals surface area contributed by atoms with Gasteiger partial charge in [0, 0.05) is 52.8 Å². The first-order valence-electron chi connectivity index (χ1n) is 19.7. The molecule has 0 spiro atoms. The molecule has 1 aliphatic rings. The van der Waals surface area contributed by atoms with Crippen LogP contribution in [0.25, 0.3) is 0 Å². The van der Waals surface area contributed by atoms with Gasteiger partial charge in [-0.05, 0) is 50.5 Å². The molecule has 1 fully saturated rings. The highest BCUT2D eigenvalue weighted by Crippen LogP contribution is 2.31. The molecule has 306 valence electrons. The number of benzene rings is 2. The second-order valence-electron chi connectivity index (χ2n) is 15.8. The normalized spacial score (nSPS) is 23.9. The third kappa shape index (κ3) is 13.1. The second-order valence-corrected chi connectivity index (χ2v) is 15.8. The van der Waals surface area contributed by atoms with E-state index in [1.165, 1.54) is 0 Å². The summed E-state index contributed by atoms with van der Waals surface area (Å²) in [5.74, 6) is -2.97. The average molecular weight is 774 g/mol. The van der Waals surface area contributed by atoms with Crippen molar-refractivity contribution in [3.05, 3.63) is 114 Å². The number of hydrogen-bond acceptors (Lipinski definition) is 9. The number of ketones is 1. The van der Waals surface area contributed by atoms with E-state index in [0.717, 1.165) is 5.57 Å². The van der Waals surface area contributed by atoms with Crippen LogP contribution in [0.4, 0.5) is 10.5 Å². The van der Waals surface area contributed by atoms with Crippen LogP contribution < -0.4 is 5.32 Å². The van der Waals surface area contributed by atoms with E-state index in [1.807, 2.05) is 59.8 Å². The molecule has 0 radical (unpaired) electrons. The van der Waals surface area contributed by atoms with Crippen molar-refractivity contribution in [3.63, 3.8) is 0 Å². The number of ether oxygens (including phenoxy) is 2. The number of nitrogens with one attached hydrogen (secondary N) is 1. The van der Waals surface area contributed by atoms with Gasteiger partial charge >= 0.3 is 12.1 Å². The smallest absolute Gasteiger partial charge is 0.411 e. The van der Waals surface area contributed by atoms with Gasteiger partial charge in [0.2, 0.25) is 0 Å². The average Bonchev–Trinajstić information content (AvgIpc) is 3.18. The van der Waals surface area contributed by atoms with E-state index >= 15 is 0 Å². The van der Waals surface area contributed by atoms with Crippen LogP contribution in [0.2, 0.25) is 0 Å². The van der Waals surface area contributed by atoms with Crippen LogP contribution in [0.15, 0.2) is 103 Å². The summed E-state index contributed by atoms with van der Waals surface area (Å²) >= 11 is 0. The molecule has 0 aliphatic carbocycles. The Morgan fingerprint density at radius 2 is 1.50 bits per heavy atom. The van der Waals surface area contributed by atoms with Crippen molar-refractivity contribution in [1.82, 2.24) is 0 Å². The molecule has 1 aliphatic heterocycles. The van der Waals surface area contributed by atoms with E-state index in [4.69, 9.17) is 9.47 Å². The molecule has 1 saturated heterocycles. The van der Waals surface area contributed by atoms with Gasteiger partial charge in [-0.1, -0.05) is 120 Å². The van der Waals surface area contributed by atoms with Gasteiger partial charge in [-0.2, -0.15) is 0 Å².